The van der Waals surface area contributed by atoms with Gasteiger partial charge in [-0.25, -0.2) is 4.79 Å². The van der Waals surface area contributed by atoms with E-state index in [0.29, 0.717) is 19.4 Å². The number of rotatable bonds is 10. The third kappa shape index (κ3) is 7.42. The van der Waals surface area contributed by atoms with Gasteiger partial charge in [0, 0.05) is 13.0 Å². The van der Waals surface area contributed by atoms with Gasteiger partial charge in [0.05, 0.1) is 12.0 Å². The van der Waals surface area contributed by atoms with Crippen LogP contribution >= 0.6 is 0 Å². The van der Waals surface area contributed by atoms with Gasteiger partial charge in [0.2, 0.25) is 0 Å². The molecule has 0 bridgehead atoms. The maximum absolute atomic E-state index is 12.1. The van der Waals surface area contributed by atoms with E-state index in [0.717, 1.165) is 5.56 Å². The van der Waals surface area contributed by atoms with Crippen LogP contribution in [0.5, 0.6) is 0 Å². The molecule has 2 atom stereocenters. The highest BCUT2D eigenvalue weighted by atomic mass is 16.4. The van der Waals surface area contributed by atoms with Crippen LogP contribution in [-0.2, 0) is 16.0 Å². The molecule has 0 radical (unpaired) electrons. The standard InChI is InChI=1S/C16H23N3O4/c17-13(7-4-8-19-16(18)23)14(20)10-12(15(21)22)9-11-5-2-1-3-6-11/h1-3,5-6,12-13H,4,7-10,17H2,(H,21,22)(H3,18,19,23). The number of hydrogen-bond acceptors (Lipinski definition) is 4. The van der Waals surface area contributed by atoms with Crippen LogP contribution in [0.1, 0.15) is 24.8 Å². The third-order valence-corrected chi connectivity index (χ3v) is 3.53. The summed E-state index contributed by atoms with van der Waals surface area (Å²) in [6.07, 6.45) is 1.07. The van der Waals surface area contributed by atoms with Crippen LogP contribution in [0.3, 0.4) is 0 Å². The lowest BCUT2D eigenvalue weighted by molar-refractivity contribution is -0.143. The van der Waals surface area contributed by atoms with Crippen molar-refractivity contribution in [1.29, 1.82) is 0 Å². The lowest BCUT2D eigenvalue weighted by Crippen LogP contribution is -2.35. The minimum absolute atomic E-state index is 0.103. The van der Waals surface area contributed by atoms with Crippen LogP contribution in [0.15, 0.2) is 30.3 Å². The summed E-state index contributed by atoms with van der Waals surface area (Å²) < 4.78 is 0. The number of Topliss-reactive ketones (excluding diaryl/α,β-unsaturated/α-hetero) is 1. The topological polar surface area (TPSA) is 136 Å². The van der Waals surface area contributed by atoms with Gasteiger partial charge in [-0.3, -0.25) is 9.59 Å². The molecule has 1 rings (SSSR count). The van der Waals surface area contributed by atoms with Crippen LogP contribution < -0.4 is 16.8 Å². The van der Waals surface area contributed by atoms with Gasteiger partial charge in [0.25, 0.3) is 0 Å². The van der Waals surface area contributed by atoms with E-state index in [1.165, 1.54) is 0 Å². The number of primary amides is 1. The Kier molecular flexibility index (Phi) is 7.76. The number of nitrogens with one attached hydrogen (secondary N) is 1. The molecule has 1 aromatic rings. The van der Waals surface area contributed by atoms with Crippen LogP contribution in [0.4, 0.5) is 4.79 Å². The maximum atomic E-state index is 12.1. The molecule has 23 heavy (non-hydrogen) atoms. The minimum atomic E-state index is -1.01. The molecule has 0 aliphatic heterocycles. The number of nitrogens with two attached hydrogens (primary N) is 2. The van der Waals surface area contributed by atoms with Crippen molar-refractivity contribution in [2.75, 3.05) is 6.54 Å². The Morgan fingerprint density at radius 1 is 1.17 bits per heavy atom. The van der Waals surface area contributed by atoms with Gasteiger partial charge in [-0.2, -0.15) is 0 Å². The molecule has 0 fully saturated rings. The first kappa shape index (κ1) is 18.6. The number of carbonyl (C=O) groups is 3. The summed E-state index contributed by atoms with van der Waals surface area (Å²) in [6.45, 7) is 0.336. The molecule has 2 unspecified atom stereocenters. The second kappa shape index (κ2) is 9.58. The van der Waals surface area contributed by atoms with Crippen LogP contribution in [0, 0.1) is 5.92 Å². The highest BCUT2D eigenvalue weighted by Gasteiger charge is 2.24. The molecule has 0 aromatic heterocycles. The fourth-order valence-corrected chi connectivity index (χ4v) is 2.23. The molecule has 7 heteroatoms. The van der Waals surface area contributed by atoms with Gasteiger partial charge >= 0.3 is 12.0 Å². The summed E-state index contributed by atoms with van der Waals surface area (Å²) in [6, 6.07) is 7.80. The second-order valence-corrected chi connectivity index (χ2v) is 5.44. The summed E-state index contributed by atoms with van der Waals surface area (Å²) >= 11 is 0. The van der Waals surface area contributed by atoms with Crippen molar-refractivity contribution in [1.82, 2.24) is 5.32 Å². The van der Waals surface area contributed by atoms with Crippen molar-refractivity contribution in [3.05, 3.63) is 35.9 Å². The van der Waals surface area contributed by atoms with Crippen molar-refractivity contribution in [2.24, 2.45) is 17.4 Å². The lowest BCUT2D eigenvalue weighted by atomic mass is 9.91. The molecule has 7 nitrogen and oxygen atoms in total. The van der Waals surface area contributed by atoms with Crippen LogP contribution in [0.25, 0.3) is 0 Å². The van der Waals surface area contributed by atoms with E-state index in [2.05, 4.69) is 5.32 Å². The molecular weight excluding hydrogens is 298 g/mol. The summed E-state index contributed by atoms with van der Waals surface area (Å²) in [5, 5.41) is 11.7. The number of aliphatic carboxylic acids is 1. The molecule has 0 heterocycles. The molecule has 126 valence electrons. The molecule has 0 aliphatic rings. The van der Waals surface area contributed by atoms with Crippen molar-refractivity contribution < 1.29 is 19.5 Å². The van der Waals surface area contributed by atoms with Gasteiger partial charge in [0.1, 0.15) is 5.78 Å². The maximum Gasteiger partial charge on any atom is 0.312 e. The van der Waals surface area contributed by atoms with E-state index >= 15 is 0 Å². The van der Waals surface area contributed by atoms with E-state index in [9.17, 15) is 19.5 Å². The molecule has 0 saturated carbocycles. The summed E-state index contributed by atoms with van der Waals surface area (Å²) in [5.74, 6) is -2.09. The first-order valence-electron chi connectivity index (χ1n) is 7.48. The smallest absolute Gasteiger partial charge is 0.312 e. The van der Waals surface area contributed by atoms with Crippen molar-refractivity contribution in [3.8, 4) is 0 Å². The van der Waals surface area contributed by atoms with E-state index < -0.39 is 24.0 Å². The Labute approximate surface area is 135 Å². The predicted molar refractivity (Wildman–Crippen MR) is 85.7 cm³/mol. The molecule has 2 amide bonds. The number of carbonyl (C=O) groups excluding carboxylic acids is 2. The Morgan fingerprint density at radius 3 is 2.39 bits per heavy atom. The number of ketones is 1. The fraction of sp³-hybridized carbons (Fsp3) is 0.438. The zero-order chi connectivity index (χ0) is 17.2. The number of carboxylic acid groups (broad SMARTS) is 1. The number of urea groups is 1. The zero-order valence-corrected chi connectivity index (χ0v) is 12.9. The Balaban J connectivity index is 2.47. The van der Waals surface area contributed by atoms with E-state index in [1.54, 1.807) is 0 Å². The average Bonchev–Trinajstić information content (AvgIpc) is 2.51. The summed E-state index contributed by atoms with van der Waals surface area (Å²) in [5.41, 5.74) is 11.6. The molecular formula is C16H23N3O4. The van der Waals surface area contributed by atoms with E-state index in [4.69, 9.17) is 11.5 Å². The quantitative estimate of drug-likeness (QED) is 0.469. The molecule has 1 aromatic carbocycles. The van der Waals surface area contributed by atoms with Gasteiger partial charge in [-0.05, 0) is 24.8 Å². The van der Waals surface area contributed by atoms with Gasteiger partial charge in [-0.15, -0.1) is 0 Å². The van der Waals surface area contributed by atoms with Crippen LogP contribution in [0.2, 0.25) is 0 Å². The van der Waals surface area contributed by atoms with E-state index in [1.807, 2.05) is 30.3 Å². The number of hydrogen-bond donors (Lipinski definition) is 4. The summed E-state index contributed by atoms with van der Waals surface area (Å²) in [4.78, 5) is 33.9. The number of amides is 2. The Morgan fingerprint density at radius 2 is 1.83 bits per heavy atom. The Bertz CT molecular complexity index is 533. The van der Waals surface area contributed by atoms with Gasteiger partial charge in [0.15, 0.2) is 0 Å². The SMILES string of the molecule is NC(=O)NCCCC(N)C(=O)CC(Cc1ccccc1)C(=O)O. The van der Waals surface area contributed by atoms with Crippen molar-refractivity contribution in [3.63, 3.8) is 0 Å². The molecule has 0 saturated heterocycles. The number of carboxylic acids is 1. The first-order chi connectivity index (χ1) is 10.9. The second-order valence-electron chi connectivity index (χ2n) is 5.44. The predicted octanol–water partition coefficient (Wildman–Crippen LogP) is 0.665. The third-order valence-electron chi connectivity index (χ3n) is 3.53. The Hall–Kier alpha value is -2.41. The lowest BCUT2D eigenvalue weighted by Gasteiger charge is -2.15. The fourth-order valence-electron chi connectivity index (χ4n) is 2.23. The van der Waals surface area contributed by atoms with Crippen molar-refractivity contribution >= 4 is 17.8 Å². The normalized spacial score (nSPS) is 13.1. The zero-order valence-electron chi connectivity index (χ0n) is 12.9. The average molecular weight is 321 g/mol. The highest BCUT2D eigenvalue weighted by Crippen LogP contribution is 2.15. The minimum Gasteiger partial charge on any atom is -0.481 e. The molecule has 0 aliphatic carbocycles. The highest BCUT2D eigenvalue weighted by molar-refractivity contribution is 5.87. The van der Waals surface area contributed by atoms with Crippen molar-refractivity contribution in [2.45, 2.75) is 31.7 Å². The molecule has 6 N–H and O–H groups in total. The van der Waals surface area contributed by atoms with Crippen LogP contribution in [-0.4, -0.2) is 35.5 Å². The number of benzene rings is 1. The molecule has 0 spiro atoms. The summed E-state index contributed by atoms with van der Waals surface area (Å²) in [7, 11) is 0. The van der Waals surface area contributed by atoms with Gasteiger partial charge < -0.3 is 21.9 Å². The van der Waals surface area contributed by atoms with Gasteiger partial charge in [-0.1, -0.05) is 30.3 Å². The first-order valence-corrected chi connectivity index (χ1v) is 7.48. The van der Waals surface area contributed by atoms with E-state index in [-0.39, 0.29) is 18.6 Å². The monoisotopic (exact) mass is 321 g/mol. The largest absolute Gasteiger partial charge is 0.481 e.